The highest BCUT2D eigenvalue weighted by molar-refractivity contribution is 5.81. The molecule has 4 nitrogen and oxygen atoms in total. The van der Waals surface area contributed by atoms with E-state index in [1.807, 2.05) is 25.1 Å². The molecule has 1 saturated heterocycles. The van der Waals surface area contributed by atoms with E-state index in [1.165, 1.54) is 5.56 Å². The Labute approximate surface area is 126 Å². The fourth-order valence-electron chi connectivity index (χ4n) is 2.64. The third-order valence-electron chi connectivity index (χ3n) is 4.08. The molecule has 0 unspecified atom stereocenters. The quantitative estimate of drug-likeness (QED) is 0.870. The van der Waals surface area contributed by atoms with Crippen molar-refractivity contribution in [1.29, 1.82) is 0 Å². The summed E-state index contributed by atoms with van der Waals surface area (Å²) in [6.45, 7) is 4.27. The standard InChI is InChI=1S/C17H25NO3/c1-14(6-5-9-15-7-3-2-4-8-15)16(19)17(20)18-10-12-21-13-11-18/h2-4,7-8,14,16,19H,5-6,9-13H2,1H3/t14-,16+/m1/s1. The minimum atomic E-state index is -0.890. The first kappa shape index (κ1) is 16.0. The maximum atomic E-state index is 12.2. The van der Waals surface area contributed by atoms with Gasteiger partial charge in [-0.3, -0.25) is 4.79 Å². The topological polar surface area (TPSA) is 49.8 Å². The molecule has 0 spiro atoms. The van der Waals surface area contributed by atoms with Gasteiger partial charge in [-0.15, -0.1) is 0 Å². The van der Waals surface area contributed by atoms with E-state index in [1.54, 1.807) is 4.90 Å². The summed E-state index contributed by atoms with van der Waals surface area (Å²) in [5.41, 5.74) is 1.30. The molecule has 0 saturated carbocycles. The van der Waals surface area contributed by atoms with Crippen LogP contribution in [0.5, 0.6) is 0 Å². The second kappa shape index (κ2) is 8.15. The van der Waals surface area contributed by atoms with Gasteiger partial charge in [-0.05, 0) is 30.7 Å². The maximum Gasteiger partial charge on any atom is 0.251 e. The summed E-state index contributed by atoms with van der Waals surface area (Å²) in [7, 11) is 0. The van der Waals surface area contributed by atoms with Crippen LogP contribution < -0.4 is 0 Å². The number of aliphatic hydroxyl groups excluding tert-OH is 1. The Morgan fingerprint density at radius 1 is 1.29 bits per heavy atom. The lowest BCUT2D eigenvalue weighted by Gasteiger charge is -2.30. The molecule has 2 atom stereocenters. The van der Waals surface area contributed by atoms with Crippen molar-refractivity contribution >= 4 is 5.91 Å². The zero-order chi connectivity index (χ0) is 15.1. The van der Waals surface area contributed by atoms with Gasteiger partial charge in [0.05, 0.1) is 13.2 Å². The maximum absolute atomic E-state index is 12.2. The molecule has 1 aromatic carbocycles. The summed E-state index contributed by atoms with van der Waals surface area (Å²) in [6.07, 6.45) is 1.94. The highest BCUT2D eigenvalue weighted by atomic mass is 16.5. The number of morpholine rings is 1. The Balaban J connectivity index is 1.74. The molecule has 0 aromatic heterocycles. The van der Waals surface area contributed by atoms with Crippen LogP contribution in [0.4, 0.5) is 0 Å². The molecule has 1 aliphatic heterocycles. The summed E-state index contributed by atoms with van der Waals surface area (Å²) in [4.78, 5) is 13.9. The van der Waals surface area contributed by atoms with Crippen molar-refractivity contribution in [1.82, 2.24) is 4.90 Å². The number of benzene rings is 1. The summed E-state index contributed by atoms with van der Waals surface area (Å²) >= 11 is 0. The number of carbonyl (C=O) groups is 1. The van der Waals surface area contributed by atoms with Gasteiger partial charge in [0.2, 0.25) is 0 Å². The van der Waals surface area contributed by atoms with E-state index in [-0.39, 0.29) is 11.8 Å². The van der Waals surface area contributed by atoms with Crippen LogP contribution in [0.15, 0.2) is 30.3 Å². The van der Waals surface area contributed by atoms with E-state index >= 15 is 0 Å². The first-order valence-electron chi connectivity index (χ1n) is 7.77. The largest absolute Gasteiger partial charge is 0.383 e. The van der Waals surface area contributed by atoms with Gasteiger partial charge in [0.15, 0.2) is 0 Å². The molecule has 4 heteroatoms. The highest BCUT2D eigenvalue weighted by Gasteiger charge is 2.27. The Morgan fingerprint density at radius 2 is 1.95 bits per heavy atom. The van der Waals surface area contributed by atoms with E-state index in [0.717, 1.165) is 19.3 Å². The minimum absolute atomic E-state index is 0.0101. The van der Waals surface area contributed by atoms with Gasteiger partial charge >= 0.3 is 0 Å². The predicted octanol–water partition coefficient (Wildman–Crippen LogP) is 1.87. The van der Waals surface area contributed by atoms with Crippen molar-refractivity contribution in [3.63, 3.8) is 0 Å². The molecule has 2 rings (SSSR count). The highest BCUT2D eigenvalue weighted by Crippen LogP contribution is 2.16. The zero-order valence-corrected chi connectivity index (χ0v) is 12.7. The van der Waals surface area contributed by atoms with Crippen LogP contribution in [0, 0.1) is 5.92 Å². The van der Waals surface area contributed by atoms with Crippen molar-refractivity contribution < 1.29 is 14.6 Å². The van der Waals surface area contributed by atoms with Gasteiger partial charge in [-0.2, -0.15) is 0 Å². The average Bonchev–Trinajstić information content (AvgIpc) is 2.55. The molecule has 0 radical (unpaired) electrons. The van der Waals surface area contributed by atoms with Crippen molar-refractivity contribution in [2.75, 3.05) is 26.3 Å². The minimum Gasteiger partial charge on any atom is -0.383 e. The third kappa shape index (κ3) is 4.83. The van der Waals surface area contributed by atoms with Crippen LogP contribution in [0.3, 0.4) is 0 Å². The number of hydrogen-bond acceptors (Lipinski definition) is 3. The van der Waals surface area contributed by atoms with Crippen LogP contribution in [0.1, 0.15) is 25.3 Å². The molecule has 1 amide bonds. The predicted molar refractivity (Wildman–Crippen MR) is 81.9 cm³/mol. The van der Waals surface area contributed by atoms with Crippen molar-refractivity contribution in [3.8, 4) is 0 Å². The Hall–Kier alpha value is -1.39. The van der Waals surface area contributed by atoms with Gasteiger partial charge < -0.3 is 14.7 Å². The average molecular weight is 291 g/mol. The van der Waals surface area contributed by atoms with Crippen LogP contribution in [-0.4, -0.2) is 48.3 Å². The van der Waals surface area contributed by atoms with E-state index in [0.29, 0.717) is 26.3 Å². The number of carbonyl (C=O) groups excluding carboxylic acids is 1. The number of aryl methyl sites for hydroxylation is 1. The van der Waals surface area contributed by atoms with E-state index in [2.05, 4.69) is 12.1 Å². The Kier molecular flexibility index (Phi) is 6.21. The van der Waals surface area contributed by atoms with Crippen LogP contribution in [0.25, 0.3) is 0 Å². The molecule has 1 N–H and O–H groups in total. The third-order valence-corrected chi connectivity index (χ3v) is 4.08. The number of ether oxygens (including phenoxy) is 1. The second-order valence-electron chi connectivity index (χ2n) is 5.74. The summed E-state index contributed by atoms with van der Waals surface area (Å²) < 4.78 is 5.23. The van der Waals surface area contributed by atoms with Gasteiger partial charge in [-0.1, -0.05) is 37.3 Å². The summed E-state index contributed by atoms with van der Waals surface area (Å²) in [5, 5.41) is 10.2. The molecule has 0 bridgehead atoms. The first-order chi connectivity index (χ1) is 10.2. The van der Waals surface area contributed by atoms with Crippen molar-refractivity contribution in [2.24, 2.45) is 5.92 Å². The van der Waals surface area contributed by atoms with Gasteiger partial charge in [-0.25, -0.2) is 0 Å². The Morgan fingerprint density at radius 3 is 2.62 bits per heavy atom. The monoisotopic (exact) mass is 291 g/mol. The van der Waals surface area contributed by atoms with E-state index in [4.69, 9.17) is 4.74 Å². The van der Waals surface area contributed by atoms with E-state index < -0.39 is 6.10 Å². The second-order valence-corrected chi connectivity index (χ2v) is 5.74. The summed E-state index contributed by atoms with van der Waals surface area (Å²) in [6, 6.07) is 10.3. The number of aliphatic hydroxyl groups is 1. The fraction of sp³-hybridized carbons (Fsp3) is 0.588. The van der Waals surface area contributed by atoms with Gasteiger partial charge in [0, 0.05) is 13.1 Å². The van der Waals surface area contributed by atoms with Gasteiger partial charge in [0.1, 0.15) is 6.10 Å². The smallest absolute Gasteiger partial charge is 0.251 e. The molecule has 1 heterocycles. The molecule has 1 fully saturated rings. The lowest BCUT2D eigenvalue weighted by atomic mass is 9.95. The zero-order valence-electron chi connectivity index (χ0n) is 12.7. The molecule has 21 heavy (non-hydrogen) atoms. The van der Waals surface area contributed by atoms with Gasteiger partial charge in [0.25, 0.3) is 5.91 Å². The molecule has 116 valence electrons. The van der Waals surface area contributed by atoms with Crippen LogP contribution >= 0.6 is 0 Å². The molecular weight excluding hydrogens is 266 g/mol. The normalized spacial score (nSPS) is 18.3. The molecule has 1 aliphatic rings. The number of amides is 1. The van der Waals surface area contributed by atoms with Crippen molar-refractivity contribution in [2.45, 2.75) is 32.3 Å². The lowest BCUT2D eigenvalue weighted by Crippen LogP contribution is -2.47. The summed E-state index contributed by atoms with van der Waals surface area (Å²) in [5.74, 6) is -0.158. The Bertz CT molecular complexity index is 429. The first-order valence-corrected chi connectivity index (χ1v) is 7.77. The van der Waals surface area contributed by atoms with E-state index in [9.17, 15) is 9.90 Å². The molecular formula is C17H25NO3. The number of nitrogens with zero attached hydrogens (tertiary/aromatic N) is 1. The van der Waals surface area contributed by atoms with Crippen molar-refractivity contribution in [3.05, 3.63) is 35.9 Å². The van der Waals surface area contributed by atoms with Crippen LogP contribution in [-0.2, 0) is 16.0 Å². The number of hydrogen-bond donors (Lipinski definition) is 1. The fourth-order valence-corrected chi connectivity index (χ4v) is 2.64. The molecule has 0 aliphatic carbocycles. The van der Waals surface area contributed by atoms with Crippen LogP contribution in [0.2, 0.25) is 0 Å². The lowest BCUT2D eigenvalue weighted by molar-refractivity contribution is -0.146. The molecule has 1 aromatic rings. The number of rotatable bonds is 6. The SMILES string of the molecule is C[C@H](CCCc1ccccc1)[C@H](O)C(=O)N1CCOCC1.